The Kier molecular flexibility index (Phi) is 5.71. The molecule has 38 heavy (non-hydrogen) atoms. The zero-order chi connectivity index (χ0) is 26.3. The number of fused-ring (bicyclic) bond motifs is 7. The van der Waals surface area contributed by atoms with Crippen LogP contribution < -0.4 is 0 Å². The molecule has 1 saturated heterocycles. The van der Waals surface area contributed by atoms with Crippen LogP contribution in [0.5, 0.6) is 0 Å². The Morgan fingerprint density at radius 3 is 2.82 bits per heavy atom. The molecule has 0 radical (unpaired) electrons. The summed E-state index contributed by atoms with van der Waals surface area (Å²) in [4.78, 5) is 30.8. The molecule has 7 heteroatoms. The molecule has 9 atom stereocenters. The van der Waals surface area contributed by atoms with Gasteiger partial charge in [-0.2, -0.15) is 0 Å². The minimum Gasteiger partial charge on any atom is -0.393 e. The van der Waals surface area contributed by atoms with Crippen molar-refractivity contribution in [2.24, 2.45) is 34.5 Å². The topological polar surface area (TPSA) is 90.7 Å². The molecule has 3 saturated carbocycles. The van der Waals surface area contributed by atoms with Gasteiger partial charge in [0.25, 0.3) is 0 Å². The molecule has 1 aromatic heterocycles. The predicted molar refractivity (Wildman–Crippen MR) is 140 cm³/mol. The van der Waals surface area contributed by atoms with Crippen molar-refractivity contribution in [3.63, 3.8) is 0 Å². The number of aliphatic hydroxyl groups excluding tert-OH is 1. The monoisotopic (exact) mass is 520 g/mol. The Hall–Kier alpha value is -2.09. The molecule has 204 valence electrons. The van der Waals surface area contributed by atoms with E-state index in [1.54, 1.807) is 18.6 Å². The molecule has 1 aliphatic heterocycles. The smallest absolute Gasteiger partial charge is 0.187 e. The van der Waals surface area contributed by atoms with Crippen LogP contribution in [0.15, 0.2) is 42.5 Å². The molecule has 5 aliphatic carbocycles. The number of aliphatic hydroxyl groups is 1. The zero-order valence-corrected chi connectivity index (χ0v) is 22.6. The maximum absolute atomic E-state index is 14.4. The summed E-state index contributed by atoms with van der Waals surface area (Å²) in [6.45, 7) is 4.57. The summed E-state index contributed by atoms with van der Waals surface area (Å²) in [5.74, 6) is 0.881. The minimum absolute atomic E-state index is 0.0127. The number of imidazole rings is 1. The van der Waals surface area contributed by atoms with Gasteiger partial charge in [-0.15, -0.1) is 0 Å². The van der Waals surface area contributed by atoms with Crippen LogP contribution in [0.3, 0.4) is 0 Å². The number of rotatable bonds is 4. The van der Waals surface area contributed by atoms with E-state index in [9.17, 15) is 14.7 Å². The lowest BCUT2D eigenvalue weighted by atomic mass is 9.47. The van der Waals surface area contributed by atoms with Gasteiger partial charge in [0.2, 0.25) is 0 Å². The Morgan fingerprint density at radius 2 is 2.05 bits per heavy atom. The van der Waals surface area contributed by atoms with Gasteiger partial charge in [0.05, 0.1) is 25.1 Å². The average Bonchev–Trinajstić information content (AvgIpc) is 3.60. The van der Waals surface area contributed by atoms with E-state index in [0.717, 1.165) is 31.3 Å². The Labute approximate surface area is 224 Å². The Morgan fingerprint density at radius 1 is 1.24 bits per heavy atom. The molecule has 7 rings (SSSR count). The van der Waals surface area contributed by atoms with Crippen molar-refractivity contribution >= 4 is 11.6 Å². The molecule has 0 unspecified atom stereocenters. The number of aromatic nitrogens is 2. The summed E-state index contributed by atoms with van der Waals surface area (Å²) in [6.07, 6.45) is 18.2. The van der Waals surface area contributed by atoms with Crippen molar-refractivity contribution in [2.75, 3.05) is 0 Å². The molecule has 7 nitrogen and oxygen atoms in total. The van der Waals surface area contributed by atoms with Gasteiger partial charge in [-0.1, -0.05) is 50.8 Å². The van der Waals surface area contributed by atoms with Crippen molar-refractivity contribution < 1.29 is 24.2 Å². The van der Waals surface area contributed by atoms with Crippen molar-refractivity contribution in [2.45, 2.75) is 102 Å². The lowest BCUT2D eigenvalue weighted by Crippen LogP contribution is -2.63. The van der Waals surface area contributed by atoms with Crippen molar-refractivity contribution in [1.82, 2.24) is 9.55 Å². The van der Waals surface area contributed by atoms with Crippen LogP contribution in [0.4, 0.5) is 0 Å². The van der Waals surface area contributed by atoms with Crippen LogP contribution in [0.2, 0.25) is 0 Å². The summed E-state index contributed by atoms with van der Waals surface area (Å²) in [6, 6.07) is 0. The molecule has 0 bridgehead atoms. The average molecular weight is 521 g/mol. The summed E-state index contributed by atoms with van der Waals surface area (Å²) < 4.78 is 15.6. The van der Waals surface area contributed by atoms with Crippen LogP contribution in [0.1, 0.15) is 71.6 Å². The number of carbonyl (C=O) groups excluding carboxylic acids is 2. The predicted octanol–water partition coefficient (Wildman–Crippen LogP) is 4.40. The number of ketones is 2. The zero-order valence-electron chi connectivity index (χ0n) is 22.6. The van der Waals surface area contributed by atoms with Gasteiger partial charge in [-0.05, 0) is 50.0 Å². The fourth-order valence-electron chi connectivity index (χ4n) is 9.78. The third-order valence-electron chi connectivity index (χ3n) is 11.5. The van der Waals surface area contributed by atoms with E-state index < -0.39 is 17.1 Å². The normalized spacial score (nSPS) is 46.2. The Bertz CT molecular complexity index is 1180. The van der Waals surface area contributed by atoms with Crippen LogP contribution in [-0.4, -0.2) is 50.3 Å². The van der Waals surface area contributed by atoms with Gasteiger partial charge in [0.15, 0.2) is 23.5 Å². The molecule has 4 fully saturated rings. The standard InChI is InChI=1S/C31H40N2O5/c1-29-11-10-21(34)14-20(29)8-9-22-23-15-26-31(25(36)17-33-13-12-32-18-33,30(23,2)16-24(35)27(22)29)38-28(37-26)19-6-4-3-5-7-19/h8,10-13,18-19,22-24,26-28,35H,3-7,9,14-17H2,1-2H3/t22-,23-,24-,26+,27+,28+,29-,30-,31+/m0/s1. The number of allylic oxidation sites excluding steroid dienone is 4. The maximum Gasteiger partial charge on any atom is 0.187 e. The summed E-state index contributed by atoms with van der Waals surface area (Å²) >= 11 is 0. The first kappa shape index (κ1) is 24.9. The van der Waals surface area contributed by atoms with E-state index in [1.165, 1.54) is 19.3 Å². The largest absolute Gasteiger partial charge is 0.393 e. The van der Waals surface area contributed by atoms with Crippen LogP contribution in [0, 0.1) is 34.5 Å². The first-order chi connectivity index (χ1) is 18.3. The van der Waals surface area contributed by atoms with Gasteiger partial charge in [-0.25, -0.2) is 4.98 Å². The number of hydrogen-bond acceptors (Lipinski definition) is 6. The van der Waals surface area contributed by atoms with Crippen LogP contribution in [0.25, 0.3) is 0 Å². The molecule has 0 aromatic carbocycles. The summed E-state index contributed by atoms with van der Waals surface area (Å²) in [5.41, 5.74) is -0.827. The molecular weight excluding hydrogens is 480 g/mol. The second-order valence-corrected chi connectivity index (χ2v) is 13.3. The molecular formula is C31H40N2O5. The maximum atomic E-state index is 14.4. The third-order valence-corrected chi connectivity index (χ3v) is 11.5. The van der Waals surface area contributed by atoms with Crippen LogP contribution in [-0.2, 0) is 25.6 Å². The first-order valence-corrected chi connectivity index (χ1v) is 14.7. The van der Waals surface area contributed by atoms with E-state index in [2.05, 4.69) is 24.9 Å². The highest BCUT2D eigenvalue weighted by atomic mass is 16.7. The number of nitrogens with zero attached hydrogens (tertiary/aromatic N) is 2. The van der Waals surface area contributed by atoms with Crippen molar-refractivity contribution in [3.05, 3.63) is 42.5 Å². The minimum atomic E-state index is -1.08. The second kappa shape index (κ2) is 8.70. The van der Waals surface area contributed by atoms with Crippen LogP contribution >= 0.6 is 0 Å². The van der Waals surface area contributed by atoms with E-state index in [0.29, 0.717) is 18.8 Å². The van der Waals surface area contributed by atoms with E-state index in [4.69, 9.17) is 9.47 Å². The molecule has 1 aromatic rings. The van der Waals surface area contributed by atoms with E-state index >= 15 is 0 Å². The molecule has 1 N–H and O–H groups in total. The van der Waals surface area contributed by atoms with E-state index in [1.807, 2.05) is 16.8 Å². The highest BCUT2D eigenvalue weighted by Crippen LogP contribution is 2.69. The van der Waals surface area contributed by atoms with Crippen molar-refractivity contribution in [1.29, 1.82) is 0 Å². The highest BCUT2D eigenvalue weighted by molar-refractivity contribution is 5.93. The lowest BCUT2D eigenvalue weighted by Gasteiger charge is -2.59. The fourth-order valence-corrected chi connectivity index (χ4v) is 9.78. The SMILES string of the molecule is C[C@]12C=CC(=O)CC1=CC[C@@H]1[C@@H]2[C@@H](O)C[C@@]2(C)[C@H]1C[C@H]1O[C@@H](C3CCCCC3)O[C@]12C(=O)Cn1ccnc1. The number of ether oxygens (including phenoxy) is 2. The summed E-state index contributed by atoms with van der Waals surface area (Å²) in [7, 11) is 0. The number of carbonyl (C=O) groups is 2. The third kappa shape index (κ3) is 3.34. The van der Waals surface area contributed by atoms with Gasteiger partial charge < -0.3 is 19.1 Å². The number of hydrogen-bond donors (Lipinski definition) is 1. The quantitative estimate of drug-likeness (QED) is 0.592. The molecule has 6 aliphatic rings. The van der Waals surface area contributed by atoms with Gasteiger partial charge in [0.1, 0.15) is 0 Å². The number of Topliss-reactive ketones (excluding diaryl/α,β-unsaturated/α-hetero) is 1. The highest BCUT2D eigenvalue weighted by Gasteiger charge is 2.76. The lowest BCUT2D eigenvalue weighted by molar-refractivity contribution is -0.207. The Balaban J connectivity index is 1.27. The van der Waals surface area contributed by atoms with Gasteiger partial charge in [0, 0.05) is 41.5 Å². The van der Waals surface area contributed by atoms with E-state index in [-0.39, 0.29) is 53.7 Å². The fraction of sp³-hybridized carbons (Fsp3) is 0.710. The summed E-state index contributed by atoms with van der Waals surface area (Å²) in [5, 5.41) is 11.9. The van der Waals surface area contributed by atoms with Crippen molar-refractivity contribution in [3.8, 4) is 0 Å². The first-order valence-electron chi connectivity index (χ1n) is 14.7. The van der Waals surface area contributed by atoms with Gasteiger partial charge in [-0.3, -0.25) is 9.59 Å². The molecule has 0 spiro atoms. The van der Waals surface area contributed by atoms with Gasteiger partial charge >= 0.3 is 0 Å². The molecule has 0 amide bonds. The second-order valence-electron chi connectivity index (χ2n) is 13.3. The molecule has 2 heterocycles.